The predicted molar refractivity (Wildman–Crippen MR) is 51.8 cm³/mol. The molecule has 14 heavy (non-hydrogen) atoms. The van der Waals surface area contributed by atoms with Gasteiger partial charge in [0.2, 0.25) is 0 Å². The molecule has 0 heterocycles. The van der Waals surface area contributed by atoms with Gasteiger partial charge in [-0.1, -0.05) is 18.0 Å². The zero-order valence-electron chi connectivity index (χ0n) is 7.59. The minimum absolute atomic E-state index is 0.0298. The number of rotatable bonds is 0. The lowest BCUT2D eigenvalue weighted by molar-refractivity contribution is -0.129. The van der Waals surface area contributed by atoms with Crippen LogP contribution in [0.5, 0.6) is 0 Å². The second-order valence-corrected chi connectivity index (χ2v) is 4.31. The number of hydrogen-bond donors (Lipinski definition) is 0. The smallest absolute Gasteiger partial charge is 0.160 e. The molecule has 0 spiro atoms. The van der Waals surface area contributed by atoms with Gasteiger partial charge in [-0.2, -0.15) is 0 Å². The van der Waals surface area contributed by atoms with Crippen LogP contribution in [0.25, 0.3) is 0 Å². The number of hydrogen-bond acceptors (Lipinski definition) is 2. The molecular formula is C11H9BO2. The maximum atomic E-state index is 11.6. The molecule has 3 aliphatic carbocycles. The normalized spacial score (nSPS) is 48.7. The number of carbonyl (C=O) groups is 2. The van der Waals surface area contributed by atoms with E-state index in [0.29, 0.717) is 0 Å². The lowest BCUT2D eigenvalue weighted by Crippen LogP contribution is -2.34. The minimum Gasteiger partial charge on any atom is -0.294 e. The Morgan fingerprint density at radius 3 is 1.79 bits per heavy atom. The van der Waals surface area contributed by atoms with Crippen molar-refractivity contribution in [3.63, 3.8) is 0 Å². The summed E-state index contributed by atoms with van der Waals surface area (Å²) >= 11 is 0. The minimum atomic E-state index is -0.169. The molecule has 3 rings (SSSR count). The van der Waals surface area contributed by atoms with Crippen molar-refractivity contribution in [1.82, 2.24) is 0 Å². The van der Waals surface area contributed by atoms with Crippen molar-refractivity contribution < 1.29 is 9.59 Å². The maximum Gasteiger partial charge on any atom is 0.160 e. The Hall–Kier alpha value is -1.12. The van der Waals surface area contributed by atoms with Crippen LogP contribution in [0, 0.1) is 23.7 Å². The van der Waals surface area contributed by atoms with Gasteiger partial charge in [0.1, 0.15) is 0 Å². The number of allylic oxidation sites excluding steroid dienone is 4. The van der Waals surface area contributed by atoms with Gasteiger partial charge in [-0.3, -0.25) is 9.59 Å². The molecule has 68 valence electrons. The zero-order valence-corrected chi connectivity index (χ0v) is 7.59. The van der Waals surface area contributed by atoms with Crippen LogP contribution in [-0.4, -0.2) is 19.4 Å². The molecular weight excluding hydrogens is 175 g/mol. The summed E-state index contributed by atoms with van der Waals surface area (Å²) in [7, 11) is 5.97. The molecule has 0 aromatic rings. The summed E-state index contributed by atoms with van der Waals surface area (Å²) in [6.07, 6.45) is 6.82. The Kier molecular flexibility index (Phi) is 1.45. The molecule has 0 aromatic carbocycles. The van der Waals surface area contributed by atoms with Crippen molar-refractivity contribution in [2.75, 3.05) is 0 Å². The van der Waals surface area contributed by atoms with Gasteiger partial charge in [0.05, 0.1) is 7.85 Å². The summed E-state index contributed by atoms with van der Waals surface area (Å²) in [5, 5.41) is 0. The van der Waals surface area contributed by atoms with Gasteiger partial charge in [0.25, 0.3) is 0 Å². The molecule has 2 radical (unpaired) electrons. The average molecular weight is 184 g/mol. The molecule has 3 aliphatic rings. The monoisotopic (exact) mass is 184 g/mol. The highest BCUT2D eigenvalue weighted by Gasteiger charge is 2.54. The van der Waals surface area contributed by atoms with Crippen molar-refractivity contribution in [1.29, 1.82) is 0 Å². The highest BCUT2D eigenvalue weighted by atomic mass is 16.1. The summed E-state index contributed by atoms with van der Waals surface area (Å²) in [6.45, 7) is 0. The van der Waals surface area contributed by atoms with Crippen LogP contribution in [0.2, 0.25) is 5.82 Å². The van der Waals surface area contributed by atoms with E-state index in [-0.39, 0.29) is 41.1 Å². The predicted octanol–water partition coefficient (Wildman–Crippen LogP) is 0.700. The van der Waals surface area contributed by atoms with E-state index in [9.17, 15) is 9.59 Å². The second kappa shape index (κ2) is 2.47. The Bertz CT molecular complexity index is 349. The molecule has 0 N–H and O–H groups in total. The summed E-state index contributed by atoms with van der Waals surface area (Å²) in [4.78, 5) is 23.3. The van der Waals surface area contributed by atoms with E-state index in [2.05, 4.69) is 0 Å². The van der Waals surface area contributed by atoms with Crippen LogP contribution < -0.4 is 0 Å². The first-order valence-corrected chi connectivity index (χ1v) is 4.90. The van der Waals surface area contributed by atoms with E-state index in [4.69, 9.17) is 7.85 Å². The van der Waals surface area contributed by atoms with Crippen molar-refractivity contribution in [2.24, 2.45) is 23.7 Å². The topological polar surface area (TPSA) is 34.1 Å². The number of carbonyl (C=O) groups excluding carboxylic acids is 2. The first kappa shape index (κ1) is 8.21. The summed E-state index contributed by atoms with van der Waals surface area (Å²) in [5.74, 6) is -0.0469. The first-order chi connectivity index (χ1) is 6.70. The van der Waals surface area contributed by atoms with Crippen LogP contribution in [0.15, 0.2) is 24.3 Å². The Labute approximate surface area is 83.5 Å². The molecule has 0 saturated heterocycles. The fourth-order valence-electron chi connectivity index (χ4n) is 3.09. The van der Waals surface area contributed by atoms with Crippen LogP contribution in [-0.2, 0) is 9.59 Å². The van der Waals surface area contributed by atoms with Gasteiger partial charge >= 0.3 is 0 Å². The van der Waals surface area contributed by atoms with Gasteiger partial charge in [0.15, 0.2) is 11.6 Å². The fourth-order valence-corrected chi connectivity index (χ4v) is 3.09. The van der Waals surface area contributed by atoms with Gasteiger partial charge in [0, 0.05) is 11.8 Å². The third-order valence-corrected chi connectivity index (χ3v) is 3.73. The highest BCUT2D eigenvalue weighted by Crippen LogP contribution is 2.55. The second-order valence-electron chi connectivity index (χ2n) is 4.31. The first-order valence-electron chi connectivity index (χ1n) is 4.90. The molecule has 1 saturated carbocycles. The maximum absolute atomic E-state index is 11.6. The van der Waals surface area contributed by atoms with E-state index in [1.807, 2.05) is 12.2 Å². The van der Waals surface area contributed by atoms with Gasteiger partial charge < -0.3 is 0 Å². The molecule has 4 unspecified atom stereocenters. The van der Waals surface area contributed by atoms with E-state index >= 15 is 0 Å². The quantitative estimate of drug-likeness (QED) is 0.410. The Morgan fingerprint density at radius 2 is 1.36 bits per heavy atom. The third kappa shape index (κ3) is 0.782. The van der Waals surface area contributed by atoms with Gasteiger partial charge in [-0.05, 0) is 24.0 Å². The van der Waals surface area contributed by atoms with E-state index in [1.165, 1.54) is 12.2 Å². The summed E-state index contributed by atoms with van der Waals surface area (Å²) in [6, 6.07) is 0. The summed E-state index contributed by atoms with van der Waals surface area (Å²) < 4.78 is 0. The third-order valence-electron chi connectivity index (χ3n) is 3.73. The number of ketones is 2. The lowest BCUT2D eigenvalue weighted by Gasteiger charge is -2.26. The molecule has 0 aliphatic heterocycles. The SMILES string of the molecule is [B]C1C2C=CC1C1C(=O)C=CC(=O)C21. The van der Waals surface area contributed by atoms with Crippen molar-refractivity contribution in [3.8, 4) is 0 Å². The van der Waals surface area contributed by atoms with Crippen LogP contribution in [0.4, 0.5) is 0 Å². The molecule has 2 bridgehead atoms. The van der Waals surface area contributed by atoms with E-state index < -0.39 is 0 Å². The molecule has 3 heteroatoms. The van der Waals surface area contributed by atoms with Gasteiger partial charge in [-0.15, -0.1) is 0 Å². The molecule has 0 aromatic heterocycles. The largest absolute Gasteiger partial charge is 0.294 e. The van der Waals surface area contributed by atoms with Crippen LogP contribution in [0.3, 0.4) is 0 Å². The highest BCUT2D eigenvalue weighted by molar-refractivity contribution is 6.16. The zero-order chi connectivity index (χ0) is 9.87. The molecule has 0 amide bonds. The van der Waals surface area contributed by atoms with Crippen molar-refractivity contribution in [3.05, 3.63) is 24.3 Å². The summed E-state index contributed by atoms with van der Waals surface area (Å²) in [5.41, 5.74) is 0. The van der Waals surface area contributed by atoms with Crippen LogP contribution >= 0.6 is 0 Å². The van der Waals surface area contributed by atoms with E-state index in [1.54, 1.807) is 0 Å². The average Bonchev–Trinajstić information content (AvgIpc) is 2.67. The van der Waals surface area contributed by atoms with Crippen LogP contribution in [0.1, 0.15) is 0 Å². The fraction of sp³-hybridized carbons (Fsp3) is 0.455. The molecule has 1 fully saturated rings. The van der Waals surface area contributed by atoms with Crippen molar-refractivity contribution >= 4 is 19.4 Å². The Balaban J connectivity index is 2.10. The lowest BCUT2D eigenvalue weighted by atomic mass is 9.75. The van der Waals surface area contributed by atoms with Crippen molar-refractivity contribution in [2.45, 2.75) is 5.82 Å². The van der Waals surface area contributed by atoms with Gasteiger partial charge in [-0.25, -0.2) is 0 Å². The standard InChI is InChI=1S/C11H9BO2/c12-11-5-1-2-6(11)10-8(14)4-3-7(13)9(5)10/h1-6,9-11H. The Morgan fingerprint density at radius 1 is 0.929 bits per heavy atom. The molecule has 2 nitrogen and oxygen atoms in total. The molecule has 4 atom stereocenters. The van der Waals surface area contributed by atoms with E-state index in [0.717, 1.165) is 0 Å². The number of fused-ring (bicyclic) bond motifs is 5.